The Balaban J connectivity index is 1.48. The van der Waals surface area contributed by atoms with Crippen LogP contribution in [0.3, 0.4) is 0 Å². The fourth-order valence-electron chi connectivity index (χ4n) is 2.96. The maximum Gasteiger partial charge on any atom is 0.344 e. The molecule has 0 atom stereocenters. The Hall–Kier alpha value is -2.82. The van der Waals surface area contributed by atoms with Gasteiger partial charge >= 0.3 is 5.97 Å². The first-order valence-corrected chi connectivity index (χ1v) is 8.28. The van der Waals surface area contributed by atoms with Crippen molar-refractivity contribution in [2.24, 2.45) is 0 Å². The SMILES string of the molecule is Cc1ccc(OCC(=O)OCC(=O)N2CCc3ccccc32)c(C)c1. The molecule has 2 aromatic rings. The molecule has 0 spiro atoms. The van der Waals surface area contributed by atoms with Gasteiger partial charge < -0.3 is 14.4 Å². The summed E-state index contributed by atoms with van der Waals surface area (Å²) in [4.78, 5) is 25.8. The normalized spacial score (nSPS) is 12.6. The highest BCUT2D eigenvalue weighted by atomic mass is 16.6. The van der Waals surface area contributed by atoms with E-state index >= 15 is 0 Å². The minimum absolute atomic E-state index is 0.215. The lowest BCUT2D eigenvalue weighted by Gasteiger charge is -2.17. The largest absolute Gasteiger partial charge is 0.482 e. The van der Waals surface area contributed by atoms with E-state index in [0.29, 0.717) is 12.3 Å². The Morgan fingerprint density at radius 3 is 2.68 bits per heavy atom. The molecular formula is C20H21NO4. The lowest BCUT2D eigenvalue weighted by atomic mass is 10.1. The maximum atomic E-state index is 12.3. The number of anilines is 1. The van der Waals surface area contributed by atoms with Gasteiger partial charge in [0.15, 0.2) is 13.2 Å². The van der Waals surface area contributed by atoms with Gasteiger partial charge in [-0.3, -0.25) is 4.79 Å². The van der Waals surface area contributed by atoms with Gasteiger partial charge in [-0.1, -0.05) is 35.9 Å². The van der Waals surface area contributed by atoms with Crippen molar-refractivity contribution >= 4 is 17.6 Å². The predicted octanol–water partition coefficient (Wildman–Crippen LogP) is 2.81. The van der Waals surface area contributed by atoms with Gasteiger partial charge in [-0.05, 0) is 43.5 Å². The summed E-state index contributed by atoms with van der Waals surface area (Å²) < 4.78 is 10.5. The van der Waals surface area contributed by atoms with Crippen LogP contribution in [0.4, 0.5) is 5.69 Å². The van der Waals surface area contributed by atoms with E-state index in [2.05, 4.69) is 0 Å². The first-order chi connectivity index (χ1) is 12.0. The lowest BCUT2D eigenvalue weighted by molar-refractivity contribution is -0.149. The van der Waals surface area contributed by atoms with Crippen LogP contribution in [-0.2, 0) is 20.7 Å². The van der Waals surface area contributed by atoms with E-state index in [1.54, 1.807) is 4.90 Å². The molecule has 1 aliphatic rings. The van der Waals surface area contributed by atoms with E-state index in [1.807, 2.05) is 56.3 Å². The van der Waals surface area contributed by atoms with Crippen LogP contribution in [0.15, 0.2) is 42.5 Å². The zero-order valence-electron chi connectivity index (χ0n) is 14.5. The van der Waals surface area contributed by atoms with Gasteiger partial charge in [0.1, 0.15) is 5.75 Å². The number of carbonyl (C=O) groups is 2. The molecule has 1 aliphatic heterocycles. The van der Waals surface area contributed by atoms with Crippen LogP contribution in [0.1, 0.15) is 16.7 Å². The van der Waals surface area contributed by atoms with E-state index in [4.69, 9.17) is 9.47 Å². The Bertz CT molecular complexity index is 800. The van der Waals surface area contributed by atoms with Gasteiger partial charge in [-0.15, -0.1) is 0 Å². The highest BCUT2D eigenvalue weighted by Gasteiger charge is 2.24. The van der Waals surface area contributed by atoms with E-state index in [0.717, 1.165) is 28.8 Å². The molecule has 0 aromatic heterocycles. The zero-order valence-corrected chi connectivity index (χ0v) is 14.5. The second kappa shape index (κ2) is 7.38. The van der Waals surface area contributed by atoms with E-state index < -0.39 is 5.97 Å². The summed E-state index contributed by atoms with van der Waals surface area (Å²) in [6, 6.07) is 13.5. The fraction of sp³-hybridized carbons (Fsp3) is 0.300. The second-order valence-electron chi connectivity index (χ2n) is 6.14. The number of rotatable bonds is 5. The molecule has 0 radical (unpaired) electrons. The van der Waals surface area contributed by atoms with Crippen molar-refractivity contribution in [3.63, 3.8) is 0 Å². The molecule has 130 valence electrons. The number of aryl methyl sites for hydroxylation is 2. The lowest BCUT2D eigenvalue weighted by Crippen LogP contribution is -2.33. The number of hydrogen-bond donors (Lipinski definition) is 0. The van der Waals surface area contributed by atoms with Crippen LogP contribution >= 0.6 is 0 Å². The summed E-state index contributed by atoms with van der Waals surface area (Å²) >= 11 is 0. The molecule has 5 heteroatoms. The van der Waals surface area contributed by atoms with Gasteiger partial charge in [0.25, 0.3) is 5.91 Å². The highest BCUT2D eigenvalue weighted by Crippen LogP contribution is 2.27. The number of esters is 1. The smallest absolute Gasteiger partial charge is 0.344 e. The molecule has 0 N–H and O–H groups in total. The summed E-state index contributed by atoms with van der Waals surface area (Å²) in [6.45, 7) is 4.04. The number of fused-ring (bicyclic) bond motifs is 1. The molecule has 5 nitrogen and oxygen atoms in total. The third-order valence-electron chi connectivity index (χ3n) is 4.22. The van der Waals surface area contributed by atoms with Gasteiger partial charge in [0.05, 0.1) is 0 Å². The molecule has 1 amide bonds. The highest BCUT2D eigenvalue weighted by molar-refractivity contribution is 5.97. The maximum absolute atomic E-state index is 12.3. The van der Waals surface area contributed by atoms with E-state index in [-0.39, 0.29) is 19.1 Å². The number of carbonyl (C=O) groups excluding carboxylic acids is 2. The summed E-state index contributed by atoms with van der Waals surface area (Å²) in [7, 11) is 0. The quantitative estimate of drug-likeness (QED) is 0.786. The van der Waals surface area contributed by atoms with Crippen LogP contribution in [0.2, 0.25) is 0 Å². The third kappa shape index (κ3) is 3.99. The monoisotopic (exact) mass is 339 g/mol. The standard InChI is InChI=1S/C20H21NO4/c1-14-7-8-18(15(2)11-14)24-13-20(23)25-12-19(22)21-10-9-16-5-3-4-6-17(16)21/h3-8,11H,9-10,12-13H2,1-2H3. The van der Waals surface area contributed by atoms with Gasteiger partial charge in [0.2, 0.25) is 0 Å². The van der Waals surface area contributed by atoms with Crippen molar-refractivity contribution in [2.45, 2.75) is 20.3 Å². The molecule has 2 aromatic carbocycles. The molecule has 25 heavy (non-hydrogen) atoms. The van der Waals surface area contributed by atoms with Crippen molar-refractivity contribution in [1.29, 1.82) is 0 Å². The van der Waals surface area contributed by atoms with Gasteiger partial charge in [-0.2, -0.15) is 0 Å². The third-order valence-corrected chi connectivity index (χ3v) is 4.22. The molecule has 0 unspecified atom stereocenters. The molecule has 0 bridgehead atoms. The second-order valence-corrected chi connectivity index (χ2v) is 6.14. The molecule has 0 fully saturated rings. The average Bonchev–Trinajstić information content (AvgIpc) is 3.03. The Morgan fingerprint density at radius 2 is 1.88 bits per heavy atom. The summed E-state index contributed by atoms with van der Waals surface area (Å²) in [6.07, 6.45) is 0.825. The number of para-hydroxylation sites is 1. The molecule has 0 aliphatic carbocycles. The first-order valence-electron chi connectivity index (χ1n) is 8.28. The van der Waals surface area contributed by atoms with Crippen LogP contribution in [0.5, 0.6) is 5.75 Å². The van der Waals surface area contributed by atoms with Crippen molar-refractivity contribution in [1.82, 2.24) is 0 Å². The van der Waals surface area contributed by atoms with Crippen molar-refractivity contribution in [3.05, 3.63) is 59.2 Å². The van der Waals surface area contributed by atoms with Gasteiger partial charge in [-0.25, -0.2) is 4.79 Å². The molecular weight excluding hydrogens is 318 g/mol. The summed E-state index contributed by atoms with van der Waals surface area (Å²) in [5.41, 5.74) is 4.12. The molecule has 3 rings (SSSR count). The number of ether oxygens (including phenoxy) is 2. The summed E-state index contributed by atoms with van der Waals surface area (Å²) in [5.74, 6) is -0.132. The number of benzene rings is 2. The Kier molecular flexibility index (Phi) is 5.03. The minimum atomic E-state index is -0.555. The minimum Gasteiger partial charge on any atom is -0.482 e. The van der Waals surface area contributed by atoms with E-state index in [9.17, 15) is 9.59 Å². The zero-order chi connectivity index (χ0) is 17.8. The van der Waals surface area contributed by atoms with Crippen LogP contribution < -0.4 is 9.64 Å². The first kappa shape index (κ1) is 17.0. The number of amides is 1. The number of nitrogens with zero attached hydrogens (tertiary/aromatic N) is 1. The molecule has 0 saturated heterocycles. The van der Waals surface area contributed by atoms with Gasteiger partial charge in [0, 0.05) is 12.2 Å². The van der Waals surface area contributed by atoms with Crippen molar-refractivity contribution in [3.8, 4) is 5.75 Å². The Morgan fingerprint density at radius 1 is 1.08 bits per heavy atom. The van der Waals surface area contributed by atoms with E-state index in [1.165, 1.54) is 0 Å². The summed E-state index contributed by atoms with van der Waals surface area (Å²) in [5, 5.41) is 0. The number of hydrogen-bond acceptors (Lipinski definition) is 4. The van der Waals surface area contributed by atoms with Crippen LogP contribution in [0, 0.1) is 13.8 Å². The van der Waals surface area contributed by atoms with Crippen LogP contribution in [0.25, 0.3) is 0 Å². The van der Waals surface area contributed by atoms with Crippen LogP contribution in [-0.4, -0.2) is 31.6 Å². The average molecular weight is 339 g/mol. The molecule has 0 saturated carbocycles. The molecule has 1 heterocycles. The topological polar surface area (TPSA) is 55.8 Å². The predicted molar refractivity (Wildman–Crippen MR) is 94.9 cm³/mol. The fourth-order valence-corrected chi connectivity index (χ4v) is 2.96. The Labute approximate surface area is 147 Å². The van der Waals surface area contributed by atoms with Crippen molar-refractivity contribution < 1.29 is 19.1 Å². The van der Waals surface area contributed by atoms with Crippen molar-refractivity contribution in [2.75, 3.05) is 24.7 Å².